The van der Waals surface area contributed by atoms with Gasteiger partial charge in [-0.2, -0.15) is 4.99 Å². The number of carbonyl (C=O) groups is 1. The Balaban J connectivity index is 1.97. The van der Waals surface area contributed by atoms with Crippen molar-refractivity contribution in [3.05, 3.63) is 35.9 Å². The van der Waals surface area contributed by atoms with Crippen LogP contribution in [0.2, 0.25) is 0 Å². The maximum atomic E-state index is 12.0. The molecule has 1 aliphatic rings. The average Bonchev–Trinajstić information content (AvgIpc) is 2.98. The van der Waals surface area contributed by atoms with E-state index in [4.69, 9.17) is 4.74 Å². The lowest BCUT2D eigenvalue weighted by Crippen LogP contribution is -2.26. The van der Waals surface area contributed by atoms with Crippen LogP contribution in [-0.4, -0.2) is 42.9 Å². The second-order valence-electron chi connectivity index (χ2n) is 6.74. The van der Waals surface area contributed by atoms with Crippen molar-refractivity contribution in [3.63, 3.8) is 0 Å². The van der Waals surface area contributed by atoms with Crippen molar-refractivity contribution in [1.29, 1.82) is 0 Å². The fourth-order valence-electron chi connectivity index (χ4n) is 2.65. The predicted molar refractivity (Wildman–Crippen MR) is 89.5 cm³/mol. The molecule has 0 bridgehead atoms. The first-order chi connectivity index (χ1) is 10.5. The van der Waals surface area contributed by atoms with Gasteiger partial charge in [-0.3, -0.25) is 4.90 Å². The third-order valence-electron chi connectivity index (χ3n) is 3.79. The van der Waals surface area contributed by atoms with E-state index in [9.17, 15) is 4.79 Å². The van der Waals surface area contributed by atoms with E-state index in [0.717, 1.165) is 30.9 Å². The molecule has 1 aliphatic heterocycles. The van der Waals surface area contributed by atoms with Crippen molar-refractivity contribution in [1.82, 2.24) is 4.90 Å². The Bertz CT molecular complexity index is 512. The van der Waals surface area contributed by atoms with Crippen LogP contribution in [0.25, 0.3) is 0 Å². The number of nitrogens with zero attached hydrogens (tertiary/aromatic N) is 2. The van der Waals surface area contributed by atoms with E-state index in [1.165, 1.54) is 12.8 Å². The van der Waals surface area contributed by atoms with Crippen molar-refractivity contribution >= 4 is 11.8 Å². The highest BCUT2D eigenvalue weighted by Crippen LogP contribution is 2.22. The molecule has 1 saturated heterocycles. The van der Waals surface area contributed by atoms with Crippen LogP contribution < -0.4 is 0 Å². The lowest BCUT2D eigenvalue weighted by Gasteiger charge is -2.21. The Morgan fingerprint density at radius 2 is 1.82 bits per heavy atom. The minimum Gasteiger partial charge on any atom is -0.447 e. The van der Waals surface area contributed by atoms with E-state index in [0.29, 0.717) is 6.61 Å². The second kappa shape index (κ2) is 7.54. The van der Waals surface area contributed by atoms with Gasteiger partial charge >= 0.3 is 6.09 Å². The molecular weight excluding hydrogens is 276 g/mol. The smallest absolute Gasteiger partial charge is 0.433 e. The zero-order valence-electron chi connectivity index (χ0n) is 13.8. The van der Waals surface area contributed by atoms with E-state index in [2.05, 4.69) is 30.7 Å². The third kappa shape index (κ3) is 4.95. The maximum absolute atomic E-state index is 12.0. The lowest BCUT2D eigenvalue weighted by atomic mass is 9.85. The molecular formula is C18H26N2O2. The molecule has 1 amide bonds. The van der Waals surface area contributed by atoms with Crippen LogP contribution in [0.1, 0.15) is 39.2 Å². The van der Waals surface area contributed by atoms with Gasteiger partial charge < -0.3 is 4.74 Å². The standard InChI is InChI=1S/C18H26N2O2/c1-18(2,3)16(15-9-5-4-6-10-15)19-17(21)22-14-13-20-11-7-8-12-20/h4-6,9-10H,7-8,11-14H2,1-3H3/b19-16+. The number of hydrogen-bond donors (Lipinski definition) is 0. The summed E-state index contributed by atoms with van der Waals surface area (Å²) < 4.78 is 5.28. The topological polar surface area (TPSA) is 41.9 Å². The zero-order chi connectivity index (χ0) is 16.0. The van der Waals surface area contributed by atoms with Crippen molar-refractivity contribution in [2.75, 3.05) is 26.2 Å². The van der Waals surface area contributed by atoms with Gasteiger partial charge in [0.25, 0.3) is 0 Å². The summed E-state index contributed by atoms with van der Waals surface area (Å²) in [5.74, 6) is 0. The highest BCUT2D eigenvalue weighted by molar-refractivity contribution is 6.08. The predicted octanol–water partition coefficient (Wildman–Crippen LogP) is 3.75. The van der Waals surface area contributed by atoms with Crippen molar-refractivity contribution in [2.24, 2.45) is 10.4 Å². The zero-order valence-corrected chi connectivity index (χ0v) is 13.8. The number of benzene rings is 1. The fourth-order valence-corrected chi connectivity index (χ4v) is 2.65. The molecule has 1 fully saturated rings. The minimum absolute atomic E-state index is 0.213. The van der Waals surface area contributed by atoms with Crippen molar-refractivity contribution < 1.29 is 9.53 Å². The molecule has 1 aromatic carbocycles. The lowest BCUT2D eigenvalue weighted by molar-refractivity contribution is 0.142. The summed E-state index contributed by atoms with van der Waals surface area (Å²) in [6, 6.07) is 9.81. The van der Waals surface area contributed by atoms with Crippen LogP contribution in [0, 0.1) is 5.41 Å². The van der Waals surface area contributed by atoms with E-state index in [1.54, 1.807) is 0 Å². The summed E-state index contributed by atoms with van der Waals surface area (Å²) in [5.41, 5.74) is 1.51. The Labute approximate surface area is 133 Å². The maximum Gasteiger partial charge on any atom is 0.433 e. The minimum atomic E-state index is -0.493. The molecule has 1 heterocycles. The first-order valence-corrected chi connectivity index (χ1v) is 8.00. The van der Waals surface area contributed by atoms with Crippen LogP contribution in [-0.2, 0) is 4.74 Å². The van der Waals surface area contributed by atoms with E-state index in [1.807, 2.05) is 30.3 Å². The Morgan fingerprint density at radius 1 is 1.18 bits per heavy atom. The van der Waals surface area contributed by atoms with Gasteiger partial charge in [0.2, 0.25) is 0 Å². The highest BCUT2D eigenvalue weighted by Gasteiger charge is 2.22. The van der Waals surface area contributed by atoms with Crippen LogP contribution in [0.3, 0.4) is 0 Å². The Morgan fingerprint density at radius 3 is 2.41 bits per heavy atom. The quantitative estimate of drug-likeness (QED) is 0.795. The van der Waals surface area contributed by atoms with Crippen LogP contribution in [0.4, 0.5) is 4.79 Å². The fraction of sp³-hybridized carbons (Fsp3) is 0.556. The summed E-state index contributed by atoms with van der Waals surface area (Å²) in [6.45, 7) is 9.59. The number of hydrogen-bond acceptors (Lipinski definition) is 3. The number of likely N-dealkylation sites (tertiary alicyclic amines) is 1. The Hall–Kier alpha value is -1.68. The molecule has 120 valence electrons. The van der Waals surface area contributed by atoms with E-state index >= 15 is 0 Å². The van der Waals surface area contributed by atoms with Gasteiger partial charge in [0.15, 0.2) is 0 Å². The molecule has 2 rings (SSSR count). The van der Waals surface area contributed by atoms with E-state index in [-0.39, 0.29) is 5.41 Å². The van der Waals surface area contributed by atoms with Gasteiger partial charge in [-0.15, -0.1) is 0 Å². The molecule has 4 heteroatoms. The number of rotatable bonds is 4. The van der Waals surface area contributed by atoms with Crippen LogP contribution in [0.15, 0.2) is 35.3 Å². The number of carbonyl (C=O) groups excluding carboxylic acids is 1. The first kappa shape index (κ1) is 16.7. The summed E-state index contributed by atoms with van der Waals surface area (Å²) >= 11 is 0. The molecule has 0 spiro atoms. The molecule has 0 aromatic heterocycles. The summed E-state index contributed by atoms with van der Waals surface area (Å²) in [5, 5.41) is 0. The largest absolute Gasteiger partial charge is 0.447 e. The van der Waals surface area contributed by atoms with Gasteiger partial charge in [0.05, 0.1) is 5.71 Å². The Kier molecular flexibility index (Phi) is 5.72. The third-order valence-corrected chi connectivity index (χ3v) is 3.79. The average molecular weight is 302 g/mol. The molecule has 0 unspecified atom stereocenters. The molecule has 1 aromatic rings. The molecule has 0 atom stereocenters. The monoisotopic (exact) mass is 302 g/mol. The number of aliphatic imine (C=N–C) groups is 1. The van der Waals surface area contributed by atoms with Gasteiger partial charge in [-0.25, -0.2) is 4.79 Å². The SMILES string of the molecule is CC(C)(C)/C(=N/C(=O)OCCN1CCCC1)c1ccccc1. The highest BCUT2D eigenvalue weighted by atomic mass is 16.5. The number of ether oxygens (including phenoxy) is 1. The molecule has 0 aliphatic carbocycles. The summed E-state index contributed by atoms with van der Waals surface area (Å²) in [6.07, 6.45) is 2.00. The van der Waals surface area contributed by atoms with Gasteiger partial charge in [0, 0.05) is 12.0 Å². The molecule has 0 N–H and O–H groups in total. The summed E-state index contributed by atoms with van der Waals surface area (Å²) in [4.78, 5) is 18.6. The molecule has 0 saturated carbocycles. The van der Waals surface area contributed by atoms with Gasteiger partial charge in [0.1, 0.15) is 6.61 Å². The normalized spacial score (nSPS) is 16.8. The van der Waals surface area contributed by atoms with E-state index < -0.39 is 6.09 Å². The van der Waals surface area contributed by atoms with Crippen molar-refractivity contribution in [3.8, 4) is 0 Å². The molecule has 22 heavy (non-hydrogen) atoms. The van der Waals surface area contributed by atoms with Gasteiger partial charge in [-0.05, 0) is 31.5 Å². The van der Waals surface area contributed by atoms with Gasteiger partial charge in [-0.1, -0.05) is 51.1 Å². The van der Waals surface area contributed by atoms with Crippen LogP contribution >= 0.6 is 0 Å². The summed E-state index contributed by atoms with van der Waals surface area (Å²) in [7, 11) is 0. The van der Waals surface area contributed by atoms with Crippen molar-refractivity contribution in [2.45, 2.75) is 33.6 Å². The molecule has 0 radical (unpaired) electrons. The van der Waals surface area contributed by atoms with Crippen LogP contribution in [0.5, 0.6) is 0 Å². The number of amides is 1. The molecule has 4 nitrogen and oxygen atoms in total. The second-order valence-corrected chi connectivity index (χ2v) is 6.74. The first-order valence-electron chi connectivity index (χ1n) is 8.00.